The quantitative estimate of drug-likeness (QED) is 0.835. The number of rotatable bonds is 2. The Morgan fingerprint density at radius 1 is 1.43 bits per heavy atom. The number of hydrogen-bond donors (Lipinski definition) is 1. The summed E-state index contributed by atoms with van der Waals surface area (Å²) >= 11 is 0. The summed E-state index contributed by atoms with van der Waals surface area (Å²) in [5.74, 6) is -0.466. The molecule has 21 heavy (non-hydrogen) atoms. The Balaban J connectivity index is 1.95. The van der Waals surface area contributed by atoms with Gasteiger partial charge in [-0.1, -0.05) is 12.1 Å². The molecule has 2 heterocycles. The number of para-hydroxylation sites is 2. The Kier molecular flexibility index (Phi) is 3.05. The van der Waals surface area contributed by atoms with Crippen molar-refractivity contribution in [3.8, 4) is 5.75 Å². The Hall–Kier alpha value is -2.90. The van der Waals surface area contributed by atoms with Gasteiger partial charge in [0.2, 0.25) is 5.82 Å². The fourth-order valence-corrected chi connectivity index (χ4v) is 2.17. The summed E-state index contributed by atoms with van der Waals surface area (Å²) in [6, 6.07) is 6.54. The van der Waals surface area contributed by atoms with Gasteiger partial charge in [0.1, 0.15) is 18.7 Å². The molecule has 8 nitrogen and oxygen atoms in total. The molecule has 2 aromatic rings. The maximum atomic E-state index is 12.5. The number of aromatic nitrogens is 3. The summed E-state index contributed by atoms with van der Waals surface area (Å²) in [5, 5.41) is 3.93. The highest BCUT2D eigenvalue weighted by Gasteiger charge is 2.31. The van der Waals surface area contributed by atoms with Crippen molar-refractivity contribution in [1.82, 2.24) is 14.8 Å². The van der Waals surface area contributed by atoms with Gasteiger partial charge in [-0.2, -0.15) is 0 Å². The van der Waals surface area contributed by atoms with E-state index in [9.17, 15) is 9.59 Å². The standard InChI is InChI=1S/C13H13N5O3/c1-17-8-4-2-3-5-10(8)21-6-9(13(17)20)18-7-15-12(16-18)11(14)19/h2-5,7,9H,6H2,1H3,(H2,14,19)/t9-/m0/s1. The minimum atomic E-state index is -0.743. The lowest BCUT2D eigenvalue weighted by atomic mass is 10.2. The molecule has 0 bridgehead atoms. The van der Waals surface area contributed by atoms with E-state index in [0.29, 0.717) is 11.4 Å². The molecule has 2 N–H and O–H groups in total. The number of anilines is 1. The van der Waals surface area contributed by atoms with Gasteiger partial charge in [0.15, 0.2) is 6.04 Å². The Morgan fingerprint density at radius 3 is 2.90 bits per heavy atom. The summed E-state index contributed by atoms with van der Waals surface area (Å²) in [6.07, 6.45) is 1.30. The minimum absolute atomic E-state index is 0.0990. The molecule has 0 saturated heterocycles. The van der Waals surface area contributed by atoms with Gasteiger partial charge in [-0.05, 0) is 12.1 Å². The van der Waals surface area contributed by atoms with Crippen LogP contribution in [0.3, 0.4) is 0 Å². The Bertz CT molecular complexity index is 711. The second kappa shape index (κ2) is 4.89. The van der Waals surface area contributed by atoms with Crippen molar-refractivity contribution in [1.29, 1.82) is 0 Å². The lowest BCUT2D eigenvalue weighted by molar-refractivity contribution is -0.122. The van der Waals surface area contributed by atoms with Crippen LogP contribution in [0.4, 0.5) is 5.69 Å². The number of amides is 2. The SMILES string of the molecule is CN1C(=O)[C@@H](n2cnc(C(N)=O)n2)COc2ccccc21. The third kappa shape index (κ3) is 2.20. The zero-order valence-electron chi connectivity index (χ0n) is 11.3. The van der Waals surface area contributed by atoms with Crippen molar-refractivity contribution in [2.45, 2.75) is 6.04 Å². The maximum Gasteiger partial charge on any atom is 0.288 e. The molecule has 1 aliphatic heterocycles. The first kappa shape index (κ1) is 13.1. The van der Waals surface area contributed by atoms with Crippen molar-refractivity contribution in [2.75, 3.05) is 18.6 Å². The van der Waals surface area contributed by atoms with Crippen LogP contribution in [-0.4, -0.2) is 40.2 Å². The van der Waals surface area contributed by atoms with Crippen LogP contribution in [0.25, 0.3) is 0 Å². The minimum Gasteiger partial charge on any atom is -0.489 e. The molecular formula is C13H13N5O3. The second-order valence-electron chi connectivity index (χ2n) is 4.60. The number of nitrogens with zero attached hydrogens (tertiary/aromatic N) is 4. The van der Waals surface area contributed by atoms with Gasteiger partial charge in [0.05, 0.1) is 5.69 Å². The van der Waals surface area contributed by atoms with Crippen molar-refractivity contribution >= 4 is 17.5 Å². The number of likely N-dealkylation sites (N-methyl/N-ethyl adjacent to an activating group) is 1. The van der Waals surface area contributed by atoms with E-state index in [1.165, 1.54) is 15.9 Å². The second-order valence-corrected chi connectivity index (χ2v) is 4.60. The van der Waals surface area contributed by atoms with Gasteiger partial charge in [-0.15, -0.1) is 5.10 Å². The van der Waals surface area contributed by atoms with Crippen LogP contribution in [0.2, 0.25) is 0 Å². The predicted octanol–water partition coefficient (Wildman–Crippen LogP) is -0.0265. The molecule has 1 atom stereocenters. The predicted molar refractivity (Wildman–Crippen MR) is 72.9 cm³/mol. The third-order valence-electron chi connectivity index (χ3n) is 3.29. The van der Waals surface area contributed by atoms with Crippen molar-refractivity contribution < 1.29 is 14.3 Å². The normalized spacial score (nSPS) is 17.9. The Labute approximate surface area is 120 Å². The van der Waals surface area contributed by atoms with E-state index in [4.69, 9.17) is 10.5 Å². The van der Waals surface area contributed by atoms with Gasteiger partial charge in [0, 0.05) is 7.05 Å². The van der Waals surface area contributed by atoms with E-state index in [1.807, 2.05) is 12.1 Å². The number of fused-ring (bicyclic) bond motifs is 1. The van der Waals surface area contributed by atoms with Gasteiger partial charge >= 0.3 is 0 Å². The van der Waals surface area contributed by atoms with Gasteiger partial charge in [-0.25, -0.2) is 9.67 Å². The first-order valence-electron chi connectivity index (χ1n) is 6.28. The largest absolute Gasteiger partial charge is 0.489 e. The molecule has 1 aromatic carbocycles. The molecule has 0 aliphatic carbocycles. The van der Waals surface area contributed by atoms with E-state index in [-0.39, 0.29) is 18.3 Å². The van der Waals surface area contributed by atoms with E-state index < -0.39 is 11.9 Å². The summed E-state index contributed by atoms with van der Waals surface area (Å²) < 4.78 is 6.96. The van der Waals surface area contributed by atoms with Crippen LogP contribution in [0.5, 0.6) is 5.75 Å². The van der Waals surface area contributed by atoms with Crippen LogP contribution >= 0.6 is 0 Å². The maximum absolute atomic E-state index is 12.5. The summed E-state index contributed by atoms with van der Waals surface area (Å²) in [7, 11) is 1.66. The van der Waals surface area contributed by atoms with Crippen LogP contribution in [-0.2, 0) is 4.79 Å². The first-order valence-corrected chi connectivity index (χ1v) is 6.28. The van der Waals surface area contributed by atoms with Crippen LogP contribution in [0, 0.1) is 0 Å². The summed E-state index contributed by atoms with van der Waals surface area (Å²) in [4.78, 5) is 28.9. The number of carbonyl (C=O) groups excluding carboxylic acids is 2. The van der Waals surface area contributed by atoms with Gasteiger partial charge < -0.3 is 15.4 Å². The van der Waals surface area contributed by atoms with Crippen LogP contribution < -0.4 is 15.4 Å². The van der Waals surface area contributed by atoms with E-state index in [1.54, 1.807) is 19.2 Å². The monoisotopic (exact) mass is 287 g/mol. The molecular weight excluding hydrogens is 274 g/mol. The number of nitrogens with two attached hydrogens (primary N) is 1. The number of ether oxygens (including phenoxy) is 1. The number of primary amides is 1. The number of carbonyl (C=O) groups is 2. The number of hydrogen-bond acceptors (Lipinski definition) is 5. The highest BCUT2D eigenvalue weighted by molar-refractivity contribution is 5.97. The molecule has 0 saturated carbocycles. The molecule has 1 aliphatic rings. The van der Waals surface area contributed by atoms with Crippen LogP contribution in [0.15, 0.2) is 30.6 Å². The van der Waals surface area contributed by atoms with E-state index in [0.717, 1.165) is 0 Å². The molecule has 0 unspecified atom stereocenters. The lowest BCUT2D eigenvalue weighted by Crippen LogP contribution is -2.35. The van der Waals surface area contributed by atoms with Crippen molar-refractivity contribution in [2.24, 2.45) is 5.73 Å². The zero-order chi connectivity index (χ0) is 15.0. The molecule has 108 valence electrons. The highest BCUT2D eigenvalue weighted by Crippen LogP contribution is 2.32. The fraction of sp³-hybridized carbons (Fsp3) is 0.231. The molecule has 0 radical (unpaired) electrons. The highest BCUT2D eigenvalue weighted by atomic mass is 16.5. The summed E-state index contributed by atoms with van der Waals surface area (Å²) in [6.45, 7) is 0.0990. The number of benzene rings is 1. The first-order chi connectivity index (χ1) is 10.1. The molecule has 8 heteroatoms. The summed E-state index contributed by atoms with van der Waals surface area (Å²) in [5.41, 5.74) is 5.80. The third-order valence-corrected chi connectivity index (χ3v) is 3.29. The average Bonchev–Trinajstić information content (AvgIpc) is 2.92. The van der Waals surface area contributed by atoms with E-state index >= 15 is 0 Å². The van der Waals surface area contributed by atoms with Gasteiger partial charge in [0.25, 0.3) is 11.8 Å². The molecule has 3 rings (SSSR count). The molecule has 0 fully saturated rings. The van der Waals surface area contributed by atoms with Crippen molar-refractivity contribution in [3.05, 3.63) is 36.4 Å². The van der Waals surface area contributed by atoms with Crippen molar-refractivity contribution in [3.63, 3.8) is 0 Å². The fourth-order valence-electron chi connectivity index (χ4n) is 2.17. The van der Waals surface area contributed by atoms with E-state index in [2.05, 4.69) is 10.1 Å². The molecule has 0 spiro atoms. The Morgan fingerprint density at radius 2 is 2.19 bits per heavy atom. The zero-order valence-corrected chi connectivity index (χ0v) is 11.3. The van der Waals surface area contributed by atoms with Gasteiger partial charge in [-0.3, -0.25) is 9.59 Å². The van der Waals surface area contributed by atoms with Crippen LogP contribution in [0.1, 0.15) is 16.7 Å². The lowest BCUT2D eigenvalue weighted by Gasteiger charge is -2.19. The smallest absolute Gasteiger partial charge is 0.288 e. The topological polar surface area (TPSA) is 103 Å². The average molecular weight is 287 g/mol. The molecule has 2 amide bonds. The molecule has 1 aromatic heterocycles.